The van der Waals surface area contributed by atoms with E-state index >= 15 is 4.39 Å². The fourth-order valence-corrected chi connectivity index (χ4v) is 4.95. The molecule has 9 nitrogen and oxygen atoms in total. The van der Waals surface area contributed by atoms with E-state index in [1.165, 1.54) is 17.0 Å². The normalized spacial score (nSPS) is 15.0. The standard InChI is InChI=1S/C30H24FN5O4/c31-23-8-4-10-25(28(23)22-7-3-9-24-29(22)34-35-33-24)36-17-21(40-30(36)39)16-32-27(38)14-13-26(37)20-12-11-18-5-1-2-6-19(18)15-20/h1-12,15,21H,13-14,16-17H2,(H,32,38)(H,33,34,35). The molecule has 2 amide bonds. The van der Waals surface area contributed by atoms with Gasteiger partial charge in [0.25, 0.3) is 0 Å². The third kappa shape index (κ3) is 4.86. The quantitative estimate of drug-likeness (QED) is 0.269. The molecule has 0 radical (unpaired) electrons. The van der Waals surface area contributed by atoms with Crippen molar-refractivity contribution in [1.82, 2.24) is 20.7 Å². The van der Waals surface area contributed by atoms with E-state index in [1.807, 2.05) is 36.4 Å². The minimum atomic E-state index is -0.648. The molecule has 1 aliphatic rings. The highest BCUT2D eigenvalue weighted by molar-refractivity contribution is 6.02. The van der Waals surface area contributed by atoms with E-state index < -0.39 is 18.0 Å². The van der Waals surface area contributed by atoms with Crippen molar-refractivity contribution in [2.24, 2.45) is 0 Å². The molecule has 1 saturated heterocycles. The summed E-state index contributed by atoms with van der Waals surface area (Å²) in [7, 11) is 0. The van der Waals surface area contributed by atoms with Gasteiger partial charge < -0.3 is 10.1 Å². The lowest BCUT2D eigenvalue weighted by Crippen LogP contribution is -2.34. The number of nitrogens with zero attached hydrogens (tertiary/aromatic N) is 3. The molecule has 1 aromatic heterocycles. The number of carbonyl (C=O) groups is 3. The maximum atomic E-state index is 15.1. The second-order valence-electron chi connectivity index (χ2n) is 9.54. The molecular formula is C30H24FN5O4. The molecule has 0 saturated carbocycles. The number of rotatable bonds is 8. The summed E-state index contributed by atoms with van der Waals surface area (Å²) < 4.78 is 20.6. The van der Waals surface area contributed by atoms with Crippen LogP contribution in [0.25, 0.3) is 32.9 Å². The molecule has 4 aromatic carbocycles. The van der Waals surface area contributed by atoms with Gasteiger partial charge in [0.1, 0.15) is 23.0 Å². The van der Waals surface area contributed by atoms with Gasteiger partial charge in [-0.2, -0.15) is 15.4 Å². The number of cyclic esters (lactones) is 1. The van der Waals surface area contributed by atoms with Crippen LogP contribution in [0.15, 0.2) is 78.9 Å². The lowest BCUT2D eigenvalue weighted by molar-refractivity contribution is -0.121. The van der Waals surface area contributed by atoms with Crippen LogP contribution in [0.1, 0.15) is 23.2 Å². The number of ether oxygens (including phenoxy) is 1. The Balaban J connectivity index is 1.09. The molecule has 1 atom stereocenters. The third-order valence-corrected chi connectivity index (χ3v) is 6.95. The highest BCUT2D eigenvalue weighted by Gasteiger charge is 2.35. The van der Waals surface area contributed by atoms with Gasteiger partial charge in [-0.1, -0.05) is 54.6 Å². The van der Waals surface area contributed by atoms with Crippen LogP contribution in [0.3, 0.4) is 0 Å². The second kappa shape index (κ2) is 10.6. The van der Waals surface area contributed by atoms with E-state index in [0.717, 1.165) is 10.8 Å². The van der Waals surface area contributed by atoms with Crippen LogP contribution in [-0.4, -0.2) is 52.4 Å². The zero-order valence-corrected chi connectivity index (χ0v) is 21.3. The monoisotopic (exact) mass is 537 g/mol. The van der Waals surface area contributed by atoms with Gasteiger partial charge in [-0.25, -0.2) is 9.18 Å². The Morgan fingerprint density at radius 1 is 0.975 bits per heavy atom. The zero-order chi connectivity index (χ0) is 27.6. The smallest absolute Gasteiger partial charge is 0.414 e. The summed E-state index contributed by atoms with van der Waals surface area (Å²) in [6.07, 6.45) is -1.23. The Bertz CT molecular complexity index is 1770. The number of ketones is 1. The number of para-hydroxylation sites is 1. The van der Waals surface area contributed by atoms with Crippen molar-refractivity contribution >= 4 is 45.3 Å². The number of carbonyl (C=O) groups excluding carboxylic acids is 3. The number of H-pyrrole nitrogens is 1. The molecule has 5 aromatic rings. The van der Waals surface area contributed by atoms with Gasteiger partial charge in [0.2, 0.25) is 5.91 Å². The van der Waals surface area contributed by atoms with Gasteiger partial charge in [0, 0.05) is 29.5 Å². The summed E-state index contributed by atoms with van der Waals surface area (Å²) in [5.74, 6) is -0.971. The number of fused-ring (bicyclic) bond motifs is 2. The number of benzene rings is 4. The van der Waals surface area contributed by atoms with Crippen molar-refractivity contribution in [2.45, 2.75) is 18.9 Å². The second-order valence-corrected chi connectivity index (χ2v) is 9.54. The maximum Gasteiger partial charge on any atom is 0.414 e. The molecule has 10 heteroatoms. The van der Waals surface area contributed by atoms with Gasteiger partial charge in [-0.3, -0.25) is 14.5 Å². The number of Topliss-reactive ketones (excluding diaryl/α,β-unsaturated/α-hetero) is 1. The van der Waals surface area contributed by atoms with Crippen molar-refractivity contribution in [3.63, 3.8) is 0 Å². The number of anilines is 1. The third-order valence-electron chi connectivity index (χ3n) is 6.95. The fourth-order valence-electron chi connectivity index (χ4n) is 4.95. The van der Waals surface area contributed by atoms with Crippen LogP contribution < -0.4 is 10.2 Å². The van der Waals surface area contributed by atoms with Gasteiger partial charge in [-0.15, -0.1) is 0 Å². The molecule has 2 heterocycles. The molecule has 0 spiro atoms. The molecule has 1 fully saturated rings. The van der Waals surface area contributed by atoms with E-state index in [9.17, 15) is 14.4 Å². The fraction of sp³-hybridized carbons (Fsp3) is 0.167. The number of aromatic amines is 1. The molecule has 40 heavy (non-hydrogen) atoms. The Morgan fingerprint density at radius 2 is 1.80 bits per heavy atom. The molecule has 6 rings (SSSR count). The van der Waals surface area contributed by atoms with E-state index in [-0.39, 0.29) is 43.2 Å². The average Bonchev–Trinajstić information content (AvgIpc) is 3.61. The predicted molar refractivity (Wildman–Crippen MR) is 147 cm³/mol. The topological polar surface area (TPSA) is 117 Å². The lowest BCUT2D eigenvalue weighted by atomic mass is 10.0. The summed E-state index contributed by atoms with van der Waals surface area (Å²) in [6.45, 7) is 0.176. The van der Waals surface area contributed by atoms with Gasteiger partial charge in [0.05, 0.1) is 18.8 Å². The molecule has 1 aliphatic heterocycles. The number of amides is 2. The van der Waals surface area contributed by atoms with Crippen LogP contribution in [0.2, 0.25) is 0 Å². The van der Waals surface area contributed by atoms with E-state index in [2.05, 4.69) is 20.7 Å². The summed E-state index contributed by atoms with van der Waals surface area (Å²) >= 11 is 0. The van der Waals surface area contributed by atoms with E-state index in [4.69, 9.17) is 4.74 Å². The first-order valence-corrected chi connectivity index (χ1v) is 12.8. The van der Waals surface area contributed by atoms with Crippen LogP contribution >= 0.6 is 0 Å². The minimum absolute atomic E-state index is 0.00575. The van der Waals surface area contributed by atoms with E-state index in [0.29, 0.717) is 27.8 Å². The summed E-state index contributed by atoms with van der Waals surface area (Å²) in [5.41, 5.74) is 2.61. The van der Waals surface area contributed by atoms with Crippen LogP contribution in [-0.2, 0) is 9.53 Å². The SMILES string of the molecule is O=C(CCC(=O)c1ccc2ccccc2c1)NCC1CN(c2cccc(F)c2-c2cccc3n[nH]nc23)C(=O)O1. The zero-order valence-electron chi connectivity index (χ0n) is 21.3. The average molecular weight is 538 g/mol. The Kier molecular flexibility index (Phi) is 6.65. The van der Waals surface area contributed by atoms with Crippen LogP contribution in [0.4, 0.5) is 14.9 Å². The van der Waals surface area contributed by atoms with Crippen molar-refractivity contribution in [2.75, 3.05) is 18.0 Å². The predicted octanol–water partition coefficient (Wildman–Crippen LogP) is 5.02. The number of nitrogens with one attached hydrogen (secondary N) is 2. The Labute approximate surface area is 227 Å². The van der Waals surface area contributed by atoms with Gasteiger partial charge >= 0.3 is 6.09 Å². The summed E-state index contributed by atoms with van der Waals surface area (Å²) in [6, 6.07) is 22.9. The highest BCUT2D eigenvalue weighted by atomic mass is 19.1. The first-order chi connectivity index (χ1) is 19.5. The minimum Gasteiger partial charge on any atom is -0.442 e. The van der Waals surface area contributed by atoms with Crippen LogP contribution in [0, 0.1) is 5.82 Å². The van der Waals surface area contributed by atoms with Crippen molar-refractivity contribution in [3.05, 3.63) is 90.2 Å². The summed E-state index contributed by atoms with van der Waals surface area (Å²) in [4.78, 5) is 39.3. The first kappa shape index (κ1) is 25.2. The number of hydrogen-bond acceptors (Lipinski definition) is 6. The Hall–Kier alpha value is -5.12. The van der Waals surface area contributed by atoms with Gasteiger partial charge in [-0.05, 0) is 35.0 Å². The molecule has 2 N–H and O–H groups in total. The lowest BCUT2D eigenvalue weighted by Gasteiger charge is -2.18. The van der Waals surface area contributed by atoms with Crippen molar-refractivity contribution in [1.29, 1.82) is 0 Å². The molecule has 200 valence electrons. The first-order valence-electron chi connectivity index (χ1n) is 12.8. The van der Waals surface area contributed by atoms with E-state index in [1.54, 1.807) is 30.3 Å². The van der Waals surface area contributed by atoms with Gasteiger partial charge in [0.15, 0.2) is 5.78 Å². The highest BCUT2D eigenvalue weighted by Crippen LogP contribution is 2.38. The maximum absolute atomic E-state index is 15.1. The molecular weight excluding hydrogens is 513 g/mol. The Morgan fingerprint density at radius 3 is 2.67 bits per heavy atom. The number of hydrogen-bond donors (Lipinski definition) is 2. The number of halogens is 1. The molecule has 1 unspecified atom stereocenters. The summed E-state index contributed by atoms with van der Waals surface area (Å²) in [5, 5.41) is 15.5. The van der Waals surface area contributed by atoms with Crippen LogP contribution in [0.5, 0.6) is 0 Å². The number of aromatic nitrogens is 3. The van der Waals surface area contributed by atoms with Crippen molar-refractivity contribution in [3.8, 4) is 11.1 Å². The molecule has 0 aliphatic carbocycles. The molecule has 0 bridgehead atoms. The largest absolute Gasteiger partial charge is 0.442 e. The van der Waals surface area contributed by atoms with Crippen molar-refractivity contribution < 1.29 is 23.5 Å².